The second-order valence-corrected chi connectivity index (χ2v) is 8.45. The molecular weight excluding hydrogens is 438 g/mol. The van der Waals surface area contributed by atoms with Gasteiger partial charge in [-0.1, -0.05) is 79.7 Å². The third-order valence-corrected chi connectivity index (χ3v) is 6.09. The van der Waals surface area contributed by atoms with Crippen LogP contribution in [0.4, 0.5) is 5.95 Å². The minimum absolute atomic E-state index is 0.0168. The predicted octanol–water partition coefficient (Wildman–Crippen LogP) is 3.47. The molecule has 7 nitrogen and oxygen atoms in total. The molecule has 0 aliphatic rings. The first kappa shape index (κ1) is 23.9. The molecule has 178 valence electrons. The van der Waals surface area contributed by atoms with Gasteiger partial charge in [0.05, 0.1) is 18.8 Å². The number of aromatic nitrogens is 2. The summed E-state index contributed by atoms with van der Waals surface area (Å²) in [6.45, 7) is 2.20. The molecular formula is C28H29N5O2. The predicted molar refractivity (Wildman–Crippen MR) is 139 cm³/mol. The highest BCUT2D eigenvalue weighted by molar-refractivity contribution is 6.01. The molecule has 35 heavy (non-hydrogen) atoms. The Labute approximate surface area is 204 Å². The van der Waals surface area contributed by atoms with Gasteiger partial charge in [0, 0.05) is 17.5 Å². The molecule has 0 unspecified atom stereocenters. The van der Waals surface area contributed by atoms with Crippen molar-refractivity contribution >= 4 is 11.8 Å². The number of hydrogen-bond acceptors (Lipinski definition) is 5. The fourth-order valence-electron chi connectivity index (χ4n) is 4.26. The van der Waals surface area contributed by atoms with Crippen LogP contribution in [0, 0.1) is 5.41 Å². The number of anilines is 1. The molecule has 1 heterocycles. The van der Waals surface area contributed by atoms with Crippen molar-refractivity contribution < 1.29 is 5.11 Å². The molecule has 1 aromatic heterocycles. The first-order chi connectivity index (χ1) is 16.9. The molecule has 0 radical (unpaired) electrons. The topological polar surface area (TPSA) is 131 Å². The highest BCUT2D eigenvalue weighted by Crippen LogP contribution is 2.24. The van der Waals surface area contributed by atoms with Crippen LogP contribution in [0.3, 0.4) is 0 Å². The van der Waals surface area contributed by atoms with Gasteiger partial charge in [0.2, 0.25) is 5.95 Å². The summed E-state index contributed by atoms with van der Waals surface area (Å²) >= 11 is 0. The van der Waals surface area contributed by atoms with Gasteiger partial charge in [-0.15, -0.1) is 0 Å². The Morgan fingerprint density at radius 2 is 1.71 bits per heavy atom. The van der Waals surface area contributed by atoms with Crippen LogP contribution in [0.1, 0.15) is 40.4 Å². The van der Waals surface area contributed by atoms with Gasteiger partial charge >= 0.3 is 0 Å². The van der Waals surface area contributed by atoms with E-state index in [1.807, 2.05) is 79.7 Å². The lowest BCUT2D eigenvalue weighted by molar-refractivity contribution is 0.281. The van der Waals surface area contributed by atoms with Gasteiger partial charge in [-0.3, -0.25) is 14.8 Å². The number of nitrogens with one attached hydrogen (secondary N) is 1. The normalized spacial score (nSPS) is 10.9. The molecule has 4 aromatic rings. The quantitative estimate of drug-likeness (QED) is 0.233. The Morgan fingerprint density at radius 3 is 2.40 bits per heavy atom. The van der Waals surface area contributed by atoms with E-state index < -0.39 is 0 Å². The number of aliphatic hydroxyl groups is 1. The van der Waals surface area contributed by atoms with Gasteiger partial charge in [0.15, 0.2) is 0 Å². The number of rotatable bonds is 8. The first-order valence-electron chi connectivity index (χ1n) is 11.5. The molecule has 0 spiro atoms. The molecule has 3 aromatic carbocycles. The zero-order chi connectivity index (χ0) is 24.9. The minimum atomic E-state index is -0.158. The molecule has 0 aliphatic heterocycles. The van der Waals surface area contributed by atoms with Crippen molar-refractivity contribution in [2.24, 2.45) is 5.73 Å². The Bertz CT molecular complexity index is 1420. The van der Waals surface area contributed by atoms with Gasteiger partial charge in [0.25, 0.3) is 5.56 Å². The van der Waals surface area contributed by atoms with Gasteiger partial charge < -0.3 is 16.6 Å². The number of benzene rings is 3. The molecule has 6 N–H and O–H groups in total. The Morgan fingerprint density at radius 1 is 1.00 bits per heavy atom. The number of nitrogens with two attached hydrogens (primary N) is 2. The monoisotopic (exact) mass is 467 g/mol. The van der Waals surface area contributed by atoms with Crippen LogP contribution in [0.15, 0.2) is 77.6 Å². The zero-order valence-corrected chi connectivity index (χ0v) is 19.7. The van der Waals surface area contributed by atoms with Crippen molar-refractivity contribution in [3.8, 4) is 11.1 Å². The summed E-state index contributed by atoms with van der Waals surface area (Å²) in [7, 11) is 0. The zero-order valence-electron chi connectivity index (χ0n) is 19.7. The number of nitrogens with zero attached hydrogens (tertiary/aromatic N) is 2. The van der Waals surface area contributed by atoms with Crippen LogP contribution in [-0.4, -0.2) is 20.5 Å². The number of amidine groups is 1. The van der Waals surface area contributed by atoms with E-state index in [-0.39, 0.29) is 24.0 Å². The second kappa shape index (κ2) is 10.4. The summed E-state index contributed by atoms with van der Waals surface area (Å²) in [5, 5.41) is 17.3. The van der Waals surface area contributed by atoms with Crippen LogP contribution >= 0.6 is 0 Å². The Balaban J connectivity index is 1.66. The van der Waals surface area contributed by atoms with Crippen molar-refractivity contribution in [1.82, 2.24) is 9.55 Å². The van der Waals surface area contributed by atoms with Crippen LogP contribution in [-0.2, 0) is 26.0 Å². The summed E-state index contributed by atoms with van der Waals surface area (Å²) in [5.41, 5.74) is 18.2. The van der Waals surface area contributed by atoms with Gasteiger partial charge in [-0.2, -0.15) is 0 Å². The molecule has 0 saturated carbocycles. The Kier molecular flexibility index (Phi) is 7.08. The fraction of sp³-hybridized carbons (Fsp3) is 0.179. The molecule has 7 heteroatoms. The van der Waals surface area contributed by atoms with Crippen LogP contribution in [0.25, 0.3) is 11.1 Å². The minimum Gasteiger partial charge on any atom is -0.392 e. The van der Waals surface area contributed by atoms with Gasteiger partial charge in [-0.25, -0.2) is 4.98 Å². The van der Waals surface area contributed by atoms with Crippen LogP contribution in [0.2, 0.25) is 0 Å². The first-order valence-corrected chi connectivity index (χ1v) is 11.5. The van der Waals surface area contributed by atoms with Gasteiger partial charge in [0.1, 0.15) is 5.84 Å². The number of aryl methyl sites for hydroxylation is 1. The van der Waals surface area contributed by atoms with Gasteiger partial charge in [-0.05, 0) is 34.2 Å². The largest absolute Gasteiger partial charge is 0.392 e. The van der Waals surface area contributed by atoms with E-state index in [0.717, 1.165) is 27.8 Å². The SMILES string of the molecule is CCc1nc(N)n(Cc2ccc(-c3ccccc3C(=N)N)cc2)c(=O)c1Cc1cccc(CO)c1. The average molecular weight is 468 g/mol. The lowest BCUT2D eigenvalue weighted by atomic mass is 9.98. The van der Waals surface area contributed by atoms with E-state index >= 15 is 0 Å². The highest BCUT2D eigenvalue weighted by atomic mass is 16.3. The lowest BCUT2D eigenvalue weighted by Gasteiger charge is -2.15. The Hall–Kier alpha value is -4.23. The van der Waals surface area contributed by atoms with E-state index in [0.29, 0.717) is 36.2 Å². The number of hydrogen-bond donors (Lipinski definition) is 4. The maximum atomic E-state index is 13.5. The molecule has 0 saturated heterocycles. The smallest absolute Gasteiger partial charge is 0.258 e. The lowest BCUT2D eigenvalue weighted by Crippen LogP contribution is -2.30. The maximum Gasteiger partial charge on any atom is 0.258 e. The van der Waals surface area contributed by atoms with Crippen molar-refractivity contribution in [2.75, 3.05) is 5.73 Å². The van der Waals surface area contributed by atoms with Crippen LogP contribution in [0.5, 0.6) is 0 Å². The highest BCUT2D eigenvalue weighted by Gasteiger charge is 2.16. The molecule has 4 rings (SSSR count). The molecule has 0 bridgehead atoms. The molecule has 0 aliphatic carbocycles. The van der Waals surface area contributed by atoms with Crippen molar-refractivity contribution in [3.63, 3.8) is 0 Å². The van der Waals surface area contributed by atoms with E-state index in [1.54, 1.807) is 0 Å². The molecule has 0 amide bonds. The second-order valence-electron chi connectivity index (χ2n) is 8.45. The average Bonchev–Trinajstić information content (AvgIpc) is 2.88. The van der Waals surface area contributed by atoms with Crippen molar-refractivity contribution in [1.29, 1.82) is 5.41 Å². The fourth-order valence-corrected chi connectivity index (χ4v) is 4.26. The van der Waals surface area contributed by atoms with Crippen molar-refractivity contribution in [3.05, 3.63) is 117 Å². The number of nitrogen functional groups attached to an aromatic ring is 2. The van der Waals surface area contributed by atoms with E-state index in [4.69, 9.17) is 16.9 Å². The number of aliphatic hydroxyl groups excluding tert-OH is 1. The molecule has 0 atom stereocenters. The van der Waals surface area contributed by atoms with E-state index in [2.05, 4.69) is 4.98 Å². The van der Waals surface area contributed by atoms with E-state index in [1.165, 1.54) is 4.57 Å². The molecule has 0 fully saturated rings. The summed E-state index contributed by atoms with van der Waals surface area (Å²) in [6.07, 6.45) is 1.02. The third kappa shape index (κ3) is 5.15. The van der Waals surface area contributed by atoms with E-state index in [9.17, 15) is 9.90 Å². The van der Waals surface area contributed by atoms with Crippen molar-refractivity contribution in [2.45, 2.75) is 32.9 Å². The third-order valence-electron chi connectivity index (χ3n) is 6.09. The summed E-state index contributed by atoms with van der Waals surface area (Å²) in [6, 6.07) is 22.9. The summed E-state index contributed by atoms with van der Waals surface area (Å²) < 4.78 is 1.50. The summed E-state index contributed by atoms with van der Waals surface area (Å²) in [5.74, 6) is 0.203. The summed E-state index contributed by atoms with van der Waals surface area (Å²) in [4.78, 5) is 18.0. The van der Waals surface area contributed by atoms with Crippen LogP contribution < -0.4 is 17.0 Å². The standard InChI is InChI=1S/C28H29N5O2/c1-2-25-24(15-19-6-5-7-20(14-19)17-34)27(35)33(28(31)32-25)16-18-10-12-21(13-11-18)22-8-3-4-9-23(22)26(29)30/h3-14,34H,2,15-17H2,1H3,(H3,29,30)(H2,31,32). The maximum absolute atomic E-state index is 13.5.